The number of rotatable bonds is 5. The van der Waals surface area contributed by atoms with Crippen molar-refractivity contribution in [2.24, 2.45) is 0 Å². The maximum Gasteiger partial charge on any atom is 0.142 e. The van der Waals surface area contributed by atoms with Crippen LogP contribution in [0.2, 0.25) is 5.02 Å². The molecule has 0 bridgehead atoms. The highest BCUT2D eigenvalue weighted by Gasteiger charge is 2.12. The summed E-state index contributed by atoms with van der Waals surface area (Å²) in [4.78, 5) is 4.47. The van der Waals surface area contributed by atoms with Gasteiger partial charge < -0.3 is 15.5 Å². The summed E-state index contributed by atoms with van der Waals surface area (Å²) in [5.74, 6) is -0.0854. The van der Waals surface area contributed by atoms with Gasteiger partial charge in [-0.05, 0) is 29.8 Å². The highest BCUT2D eigenvalue weighted by Crippen LogP contribution is 2.23. The number of benzene rings is 2. The van der Waals surface area contributed by atoms with Crippen molar-refractivity contribution >= 4 is 28.3 Å². The Labute approximate surface area is 143 Å². The third-order valence-electron chi connectivity index (χ3n) is 3.76. The Morgan fingerprint density at radius 1 is 1.17 bits per heavy atom. The van der Waals surface area contributed by atoms with Crippen LogP contribution >= 0.6 is 11.6 Å². The van der Waals surface area contributed by atoms with Crippen molar-refractivity contribution in [2.75, 3.05) is 11.9 Å². The van der Waals surface area contributed by atoms with Gasteiger partial charge in [-0.25, -0.2) is 9.37 Å². The molecule has 0 aliphatic heterocycles. The number of pyridine rings is 1. The Balaban J connectivity index is 1.80. The molecular weight excluding hydrogens is 331 g/mol. The molecule has 3 rings (SSSR count). The Morgan fingerprint density at radius 2 is 1.96 bits per heavy atom. The van der Waals surface area contributed by atoms with Gasteiger partial charge in [-0.1, -0.05) is 35.9 Å². The number of hydrogen-bond donors (Lipinski definition) is 3. The molecule has 0 fully saturated rings. The zero-order chi connectivity index (χ0) is 17.1. The second-order valence-corrected chi connectivity index (χ2v) is 5.82. The maximum absolute atomic E-state index is 13.5. The van der Waals surface area contributed by atoms with Crippen LogP contribution in [0.1, 0.15) is 17.2 Å². The fourth-order valence-corrected chi connectivity index (χ4v) is 2.58. The second-order valence-electron chi connectivity index (χ2n) is 5.42. The molecule has 2 aromatic carbocycles. The van der Waals surface area contributed by atoms with Crippen molar-refractivity contribution in [3.8, 4) is 0 Å². The third-order valence-corrected chi connectivity index (χ3v) is 4.07. The lowest BCUT2D eigenvalue weighted by molar-refractivity contribution is 0.191. The van der Waals surface area contributed by atoms with Gasteiger partial charge in [0.05, 0.1) is 23.3 Å². The van der Waals surface area contributed by atoms with Gasteiger partial charge in [0.15, 0.2) is 0 Å². The van der Waals surface area contributed by atoms with E-state index in [2.05, 4.69) is 10.3 Å². The molecule has 0 radical (unpaired) electrons. The first-order valence-electron chi connectivity index (χ1n) is 7.45. The van der Waals surface area contributed by atoms with Crippen LogP contribution in [0.15, 0.2) is 48.5 Å². The van der Waals surface area contributed by atoms with Gasteiger partial charge in [0.2, 0.25) is 0 Å². The molecule has 0 spiro atoms. The Hall–Kier alpha value is -2.21. The number of aliphatic hydroxyl groups excluding tert-OH is 2. The molecule has 24 heavy (non-hydrogen) atoms. The molecule has 4 nitrogen and oxygen atoms in total. The summed E-state index contributed by atoms with van der Waals surface area (Å²) >= 11 is 5.64. The van der Waals surface area contributed by atoms with Crippen molar-refractivity contribution in [2.45, 2.75) is 12.7 Å². The number of halogens is 2. The van der Waals surface area contributed by atoms with Gasteiger partial charge in [-0.3, -0.25) is 0 Å². The molecule has 124 valence electrons. The highest BCUT2D eigenvalue weighted by molar-refractivity contribution is 6.30. The van der Waals surface area contributed by atoms with Gasteiger partial charge in [-0.2, -0.15) is 0 Å². The largest absolute Gasteiger partial charge is 0.392 e. The molecule has 3 N–H and O–H groups in total. The monoisotopic (exact) mass is 346 g/mol. The van der Waals surface area contributed by atoms with Crippen molar-refractivity contribution in [3.63, 3.8) is 0 Å². The number of fused-ring (bicyclic) bond motifs is 1. The van der Waals surface area contributed by atoms with Gasteiger partial charge in [0.25, 0.3) is 0 Å². The zero-order valence-electron chi connectivity index (χ0n) is 12.7. The van der Waals surface area contributed by atoms with Crippen LogP contribution < -0.4 is 5.32 Å². The minimum Gasteiger partial charge on any atom is -0.392 e. The number of aliphatic hydroxyl groups is 2. The summed E-state index contributed by atoms with van der Waals surface area (Å²) in [6, 6.07) is 13.6. The van der Waals surface area contributed by atoms with Crippen molar-refractivity contribution < 1.29 is 14.6 Å². The fourth-order valence-electron chi connectivity index (χ4n) is 2.46. The molecule has 0 amide bonds. The van der Waals surface area contributed by atoms with Crippen molar-refractivity contribution in [1.29, 1.82) is 0 Å². The first-order chi connectivity index (χ1) is 11.6. The lowest BCUT2D eigenvalue weighted by Gasteiger charge is -2.15. The maximum atomic E-state index is 13.5. The van der Waals surface area contributed by atoms with Crippen LogP contribution in [-0.2, 0) is 6.61 Å². The molecular formula is C18H16ClFN2O2. The van der Waals surface area contributed by atoms with E-state index in [1.54, 1.807) is 6.07 Å². The fraction of sp³-hybridized carbons (Fsp3) is 0.167. The molecule has 0 saturated heterocycles. The predicted octanol–water partition coefficient (Wildman–Crippen LogP) is 3.67. The lowest BCUT2D eigenvalue weighted by Crippen LogP contribution is -2.14. The molecule has 0 saturated carbocycles. The molecule has 1 aromatic heterocycles. The summed E-state index contributed by atoms with van der Waals surface area (Å²) in [7, 11) is 0. The minimum atomic E-state index is -0.934. The zero-order valence-corrected chi connectivity index (χ0v) is 13.5. The molecule has 1 unspecified atom stereocenters. The Kier molecular flexibility index (Phi) is 4.94. The summed E-state index contributed by atoms with van der Waals surface area (Å²) in [6.07, 6.45) is -0.934. The summed E-state index contributed by atoms with van der Waals surface area (Å²) in [5.41, 5.74) is 1.82. The molecule has 1 heterocycles. The average molecular weight is 347 g/mol. The number of anilines is 1. The van der Waals surface area contributed by atoms with E-state index in [4.69, 9.17) is 11.6 Å². The van der Waals surface area contributed by atoms with Crippen LogP contribution in [0.3, 0.4) is 0 Å². The van der Waals surface area contributed by atoms with Gasteiger partial charge in [-0.15, -0.1) is 0 Å². The van der Waals surface area contributed by atoms with Crippen LogP contribution in [0.5, 0.6) is 0 Å². The summed E-state index contributed by atoms with van der Waals surface area (Å²) in [6.45, 7) is -0.0503. The standard InChI is InChI=1S/C18H16ClFN2O2/c19-14-6-5-12(8-15(14)20)17(24)9-21-18-13(10-23)7-11-3-1-2-4-16(11)22-18/h1-8,17,23-24H,9-10H2,(H,21,22). The van der Waals surface area contributed by atoms with Crippen LogP contribution in [0, 0.1) is 5.82 Å². The molecule has 1 atom stereocenters. The molecule has 3 aromatic rings. The summed E-state index contributed by atoms with van der Waals surface area (Å²) in [5, 5.41) is 23.7. The first kappa shape index (κ1) is 16.6. The van der Waals surface area contributed by atoms with E-state index < -0.39 is 11.9 Å². The normalized spacial score (nSPS) is 12.3. The molecule has 0 aliphatic rings. The quantitative estimate of drug-likeness (QED) is 0.659. The van der Waals surface area contributed by atoms with E-state index in [-0.39, 0.29) is 18.2 Å². The smallest absolute Gasteiger partial charge is 0.142 e. The van der Waals surface area contributed by atoms with E-state index in [1.807, 2.05) is 30.3 Å². The van der Waals surface area contributed by atoms with Crippen molar-refractivity contribution in [1.82, 2.24) is 4.98 Å². The predicted molar refractivity (Wildman–Crippen MR) is 92.5 cm³/mol. The topological polar surface area (TPSA) is 65.4 Å². The summed E-state index contributed by atoms with van der Waals surface area (Å²) < 4.78 is 13.5. The Morgan fingerprint density at radius 3 is 2.71 bits per heavy atom. The van der Waals surface area contributed by atoms with E-state index in [1.165, 1.54) is 12.1 Å². The Bertz CT molecular complexity index is 873. The van der Waals surface area contributed by atoms with Gasteiger partial charge in [0, 0.05) is 17.5 Å². The first-order valence-corrected chi connectivity index (χ1v) is 7.82. The minimum absolute atomic E-state index is 0.0117. The van der Waals surface area contributed by atoms with E-state index in [0.717, 1.165) is 10.9 Å². The van der Waals surface area contributed by atoms with Crippen LogP contribution in [0.4, 0.5) is 10.2 Å². The van der Waals surface area contributed by atoms with Gasteiger partial charge in [0.1, 0.15) is 11.6 Å². The number of nitrogens with zero attached hydrogens (tertiary/aromatic N) is 1. The van der Waals surface area contributed by atoms with E-state index >= 15 is 0 Å². The van der Waals surface area contributed by atoms with Crippen LogP contribution in [-0.4, -0.2) is 21.7 Å². The number of aromatic nitrogens is 1. The van der Waals surface area contributed by atoms with E-state index in [0.29, 0.717) is 16.9 Å². The SMILES string of the molecule is OCc1cc2ccccc2nc1NCC(O)c1ccc(Cl)c(F)c1. The molecule has 0 aliphatic carbocycles. The molecule has 6 heteroatoms. The van der Waals surface area contributed by atoms with Gasteiger partial charge >= 0.3 is 0 Å². The average Bonchev–Trinajstić information content (AvgIpc) is 2.61. The number of para-hydroxylation sites is 1. The van der Waals surface area contributed by atoms with E-state index in [9.17, 15) is 14.6 Å². The number of nitrogens with one attached hydrogen (secondary N) is 1. The highest BCUT2D eigenvalue weighted by atomic mass is 35.5. The van der Waals surface area contributed by atoms with Crippen molar-refractivity contribution in [3.05, 3.63) is 70.5 Å². The van der Waals surface area contributed by atoms with Crippen LogP contribution in [0.25, 0.3) is 10.9 Å². The third kappa shape index (κ3) is 3.48. The number of hydrogen-bond acceptors (Lipinski definition) is 4. The second kappa shape index (κ2) is 7.13. The lowest BCUT2D eigenvalue weighted by atomic mass is 10.1.